The maximum atomic E-state index is 13.5. The summed E-state index contributed by atoms with van der Waals surface area (Å²) in [5.41, 5.74) is 3.66. The zero-order chi connectivity index (χ0) is 29.5. The van der Waals surface area contributed by atoms with Gasteiger partial charge in [0.2, 0.25) is 0 Å². The molecule has 2 aliphatic carbocycles. The maximum absolute atomic E-state index is 13.5. The van der Waals surface area contributed by atoms with Crippen LogP contribution >= 0.6 is 11.6 Å². The lowest BCUT2D eigenvalue weighted by Crippen LogP contribution is -2.49. The van der Waals surface area contributed by atoms with E-state index in [4.69, 9.17) is 26.2 Å². The number of hydrogen-bond acceptors (Lipinski definition) is 5. The van der Waals surface area contributed by atoms with Crippen LogP contribution < -0.4 is 14.8 Å². The second kappa shape index (κ2) is 11.9. The van der Waals surface area contributed by atoms with Crippen LogP contribution in [0.15, 0.2) is 52.9 Å². The zero-order valence-electron chi connectivity index (χ0n) is 24.6. The average molecular weight is 612 g/mol. The van der Waals surface area contributed by atoms with Gasteiger partial charge >= 0.3 is 0 Å². The predicted octanol–water partition coefficient (Wildman–Crippen LogP) is 6.46. The van der Waals surface area contributed by atoms with E-state index in [2.05, 4.69) is 33.5 Å². The van der Waals surface area contributed by atoms with Crippen molar-refractivity contribution in [2.75, 3.05) is 31.7 Å². The smallest absolute Gasteiger partial charge is 0.286 e. The SMILES string of the molecule is CC[C@@H]1CC/C=C/[C@H](OC)[C@@H]2CC[C@H]2CN2C[C@@]3(CCCc4cc(Cl)ccc43)COc3ccc(cc32)C(=O)N=S1(N)=O. The number of allylic oxidation sites excluding steroid dienone is 1. The predicted molar refractivity (Wildman–Crippen MR) is 169 cm³/mol. The summed E-state index contributed by atoms with van der Waals surface area (Å²) in [5.74, 6) is 1.06. The van der Waals surface area contributed by atoms with Gasteiger partial charge in [-0.2, -0.15) is 0 Å². The van der Waals surface area contributed by atoms with E-state index in [0.717, 1.165) is 61.7 Å². The number of ether oxygens (including phenoxy) is 2. The highest BCUT2D eigenvalue weighted by Crippen LogP contribution is 2.47. The van der Waals surface area contributed by atoms with Crippen LogP contribution in [0.4, 0.5) is 5.69 Å². The van der Waals surface area contributed by atoms with Gasteiger partial charge in [-0.15, -0.1) is 4.36 Å². The third-order valence-corrected chi connectivity index (χ3v) is 12.3. The molecule has 0 saturated heterocycles. The van der Waals surface area contributed by atoms with Gasteiger partial charge in [-0.1, -0.05) is 36.7 Å². The van der Waals surface area contributed by atoms with Crippen molar-refractivity contribution in [1.82, 2.24) is 0 Å². The first-order chi connectivity index (χ1) is 20.2. The number of fused-ring (bicyclic) bond motifs is 4. The van der Waals surface area contributed by atoms with Crippen LogP contribution in [0.3, 0.4) is 0 Å². The maximum Gasteiger partial charge on any atom is 0.286 e. The molecule has 1 spiro atoms. The number of nitrogens with two attached hydrogens (primary N) is 1. The molecular weight excluding hydrogens is 570 g/mol. The number of hydrogen-bond donors (Lipinski definition) is 1. The zero-order valence-corrected chi connectivity index (χ0v) is 26.2. The Labute approximate surface area is 255 Å². The number of anilines is 1. The van der Waals surface area contributed by atoms with Crippen molar-refractivity contribution >= 4 is 33.1 Å². The van der Waals surface area contributed by atoms with E-state index in [1.54, 1.807) is 13.2 Å². The largest absolute Gasteiger partial charge is 0.490 e. The molecule has 1 fully saturated rings. The quantitative estimate of drug-likeness (QED) is 0.393. The molecule has 4 aliphatic rings. The molecule has 2 aliphatic heterocycles. The van der Waals surface area contributed by atoms with E-state index in [-0.39, 0.29) is 16.8 Å². The number of benzene rings is 2. The number of carbonyl (C=O) groups is 1. The average Bonchev–Trinajstić information content (AvgIpc) is 3.10. The van der Waals surface area contributed by atoms with Crippen LogP contribution in [0.1, 0.15) is 73.4 Å². The number of amides is 1. The molecule has 0 aromatic heterocycles. The Morgan fingerprint density at radius 2 is 2.07 bits per heavy atom. The number of aryl methyl sites for hydroxylation is 1. The molecule has 2 N–H and O–H groups in total. The Hall–Kier alpha value is -2.39. The lowest BCUT2D eigenvalue weighted by Gasteiger charge is -2.46. The normalized spacial score (nSPS) is 33.8. The van der Waals surface area contributed by atoms with E-state index in [9.17, 15) is 9.00 Å². The first-order valence-electron chi connectivity index (χ1n) is 15.3. The summed E-state index contributed by atoms with van der Waals surface area (Å²) in [4.78, 5) is 15.9. The molecule has 0 radical (unpaired) electrons. The van der Waals surface area contributed by atoms with Gasteiger partial charge in [0.05, 0.1) is 23.6 Å². The van der Waals surface area contributed by atoms with Crippen molar-refractivity contribution in [1.29, 1.82) is 0 Å². The molecule has 9 heteroatoms. The highest BCUT2D eigenvalue weighted by Gasteiger charge is 2.44. The van der Waals surface area contributed by atoms with E-state index in [0.29, 0.717) is 43.3 Å². The van der Waals surface area contributed by atoms with Crippen molar-refractivity contribution < 1.29 is 18.5 Å². The first kappa shape index (κ1) is 29.7. The fraction of sp³-hybridized carbons (Fsp3) is 0.545. The van der Waals surface area contributed by atoms with Crippen LogP contribution in [0.2, 0.25) is 5.02 Å². The van der Waals surface area contributed by atoms with E-state index in [1.165, 1.54) is 11.1 Å². The summed E-state index contributed by atoms with van der Waals surface area (Å²) in [5, 5.41) is 6.64. The van der Waals surface area contributed by atoms with Crippen molar-refractivity contribution in [2.24, 2.45) is 21.3 Å². The lowest BCUT2D eigenvalue weighted by molar-refractivity contribution is 0.0132. The molecule has 6 rings (SSSR count). The van der Waals surface area contributed by atoms with Gasteiger partial charge < -0.3 is 14.4 Å². The van der Waals surface area contributed by atoms with Gasteiger partial charge in [-0.3, -0.25) is 4.79 Å². The standard InChI is InChI=1S/C33H42ClN3O4S/c1-3-26-8-4-5-9-30(40-2)27-13-10-24(27)19-37-20-33(16-6-7-22-17-25(34)12-14-28(22)33)21-41-31-15-11-23(18-29(31)37)32(38)36-42(26,35)39/h5,9,11-12,14-15,17-18,24,26-27,30H,3-4,6-8,10,13,16,19-21H2,1-2H3,(H2,35,36,38,39)/b9-5+/t24-,26+,27+,30-,33-,42?/m0/s1. The fourth-order valence-electron chi connectivity index (χ4n) is 7.56. The van der Waals surface area contributed by atoms with Crippen molar-refractivity contribution in [3.63, 3.8) is 0 Å². The summed E-state index contributed by atoms with van der Waals surface area (Å²) >= 11 is 6.41. The van der Waals surface area contributed by atoms with Gasteiger partial charge in [0.15, 0.2) is 0 Å². The summed E-state index contributed by atoms with van der Waals surface area (Å²) in [6.07, 6.45) is 11.5. The first-order valence-corrected chi connectivity index (χ1v) is 17.3. The third-order valence-electron chi connectivity index (χ3n) is 10.0. The third kappa shape index (κ3) is 5.63. The molecule has 1 unspecified atom stereocenters. The Kier molecular flexibility index (Phi) is 8.44. The molecule has 6 atom stereocenters. The Bertz CT molecular complexity index is 1500. The molecule has 42 heavy (non-hydrogen) atoms. The monoisotopic (exact) mass is 611 g/mol. The highest BCUT2D eigenvalue weighted by molar-refractivity contribution is 7.92. The molecule has 2 aromatic carbocycles. The van der Waals surface area contributed by atoms with Crippen LogP contribution in [-0.4, -0.2) is 48.3 Å². The minimum absolute atomic E-state index is 0.0192. The van der Waals surface area contributed by atoms with Crippen LogP contribution in [-0.2, 0) is 26.5 Å². The second-order valence-corrected chi connectivity index (χ2v) is 15.0. The minimum atomic E-state index is -3.22. The van der Waals surface area contributed by atoms with Gasteiger partial charge in [0.25, 0.3) is 5.91 Å². The van der Waals surface area contributed by atoms with Crippen LogP contribution in [0.25, 0.3) is 0 Å². The van der Waals surface area contributed by atoms with Gasteiger partial charge in [0, 0.05) is 36.2 Å². The minimum Gasteiger partial charge on any atom is -0.490 e. The number of methoxy groups -OCH3 is 1. The molecule has 2 bridgehead atoms. The molecule has 7 nitrogen and oxygen atoms in total. The molecule has 2 heterocycles. The van der Waals surface area contributed by atoms with E-state index >= 15 is 0 Å². The second-order valence-electron chi connectivity index (χ2n) is 12.5. The summed E-state index contributed by atoms with van der Waals surface area (Å²) in [7, 11) is -1.44. The van der Waals surface area contributed by atoms with Gasteiger partial charge in [0.1, 0.15) is 15.7 Å². The highest BCUT2D eigenvalue weighted by atomic mass is 35.5. The topological polar surface area (TPSA) is 94.2 Å². The van der Waals surface area contributed by atoms with Crippen molar-refractivity contribution in [3.05, 3.63) is 70.3 Å². The molecule has 226 valence electrons. The van der Waals surface area contributed by atoms with Gasteiger partial charge in [-0.25, -0.2) is 9.35 Å². The summed E-state index contributed by atoms with van der Waals surface area (Å²) in [6.45, 7) is 4.10. The van der Waals surface area contributed by atoms with Crippen molar-refractivity contribution in [2.45, 2.75) is 75.1 Å². The number of rotatable bonds is 2. The van der Waals surface area contributed by atoms with E-state index in [1.807, 2.05) is 25.1 Å². The Balaban J connectivity index is 1.45. The summed E-state index contributed by atoms with van der Waals surface area (Å²) in [6, 6.07) is 11.7. The molecule has 1 saturated carbocycles. The molecule has 2 aromatic rings. The van der Waals surface area contributed by atoms with E-state index < -0.39 is 15.8 Å². The fourth-order valence-corrected chi connectivity index (χ4v) is 9.22. The summed E-state index contributed by atoms with van der Waals surface area (Å²) < 4.78 is 30.2. The number of halogens is 1. The number of carbonyl (C=O) groups excluding carboxylic acids is 1. The van der Waals surface area contributed by atoms with Crippen LogP contribution in [0, 0.1) is 11.8 Å². The lowest BCUT2D eigenvalue weighted by atomic mass is 9.68. The van der Waals surface area contributed by atoms with Crippen molar-refractivity contribution in [3.8, 4) is 5.75 Å². The molecular formula is C33H42ClN3O4S. The number of nitrogens with zero attached hydrogens (tertiary/aromatic N) is 2. The molecule has 1 amide bonds. The Morgan fingerprint density at radius 1 is 1.21 bits per heavy atom. The Morgan fingerprint density at radius 3 is 2.83 bits per heavy atom. The van der Waals surface area contributed by atoms with Crippen LogP contribution in [0.5, 0.6) is 5.75 Å². The van der Waals surface area contributed by atoms with Gasteiger partial charge in [-0.05, 0) is 105 Å².